The van der Waals surface area contributed by atoms with E-state index in [0.717, 1.165) is 23.4 Å². The van der Waals surface area contributed by atoms with Crippen molar-refractivity contribution in [2.75, 3.05) is 11.9 Å². The molecule has 0 spiro atoms. The number of benzene rings is 1. The lowest BCUT2D eigenvalue weighted by molar-refractivity contribution is 0.0949. The van der Waals surface area contributed by atoms with Crippen molar-refractivity contribution in [1.82, 2.24) is 10.3 Å². The molecule has 25 heavy (non-hydrogen) atoms. The normalized spacial score (nSPS) is 10.4. The molecule has 0 saturated heterocycles. The van der Waals surface area contributed by atoms with Gasteiger partial charge < -0.3 is 15.1 Å². The monoisotopic (exact) mass is 355 g/mol. The number of hydrogen-bond donors (Lipinski definition) is 2. The van der Waals surface area contributed by atoms with Gasteiger partial charge in [0.2, 0.25) is 0 Å². The summed E-state index contributed by atoms with van der Waals surface area (Å²) in [5.74, 6) is 0.649. The molecule has 0 aliphatic heterocycles. The summed E-state index contributed by atoms with van der Waals surface area (Å²) < 4.78 is 5.25. The zero-order chi connectivity index (χ0) is 17.5. The molecule has 3 aromatic rings. The van der Waals surface area contributed by atoms with E-state index in [9.17, 15) is 4.79 Å². The summed E-state index contributed by atoms with van der Waals surface area (Å²) in [7, 11) is 0. The van der Waals surface area contributed by atoms with Gasteiger partial charge in [-0.2, -0.15) is 0 Å². The van der Waals surface area contributed by atoms with E-state index in [1.807, 2.05) is 42.5 Å². The number of aromatic nitrogens is 1. The highest BCUT2D eigenvalue weighted by molar-refractivity contribution is 6.30. The summed E-state index contributed by atoms with van der Waals surface area (Å²) in [5.41, 5.74) is 2.34. The molecular weight excluding hydrogens is 338 g/mol. The molecule has 5 nitrogen and oxygen atoms in total. The number of amides is 1. The van der Waals surface area contributed by atoms with Gasteiger partial charge in [0.1, 0.15) is 11.5 Å². The number of carbonyl (C=O) groups is 1. The fourth-order valence-corrected chi connectivity index (χ4v) is 2.42. The van der Waals surface area contributed by atoms with E-state index in [1.54, 1.807) is 18.5 Å². The van der Waals surface area contributed by atoms with Crippen LogP contribution >= 0.6 is 11.6 Å². The first kappa shape index (κ1) is 17.0. The molecule has 2 N–H and O–H groups in total. The van der Waals surface area contributed by atoms with E-state index in [2.05, 4.69) is 15.6 Å². The van der Waals surface area contributed by atoms with Gasteiger partial charge in [0.25, 0.3) is 5.91 Å². The van der Waals surface area contributed by atoms with Gasteiger partial charge in [0.05, 0.1) is 24.7 Å². The molecule has 1 amide bonds. The molecule has 0 aliphatic rings. The minimum Gasteiger partial charge on any atom is -0.467 e. The maximum Gasteiger partial charge on any atom is 0.269 e. The molecule has 0 radical (unpaired) electrons. The third-order valence-electron chi connectivity index (χ3n) is 3.66. The summed E-state index contributed by atoms with van der Waals surface area (Å²) in [6.45, 7) is 1.11. The summed E-state index contributed by atoms with van der Waals surface area (Å²) in [6, 6.07) is 14.8. The first-order valence-electron chi connectivity index (χ1n) is 7.96. The van der Waals surface area contributed by atoms with Crippen molar-refractivity contribution in [1.29, 1.82) is 0 Å². The number of furan rings is 1. The summed E-state index contributed by atoms with van der Waals surface area (Å²) in [6.07, 6.45) is 4.01. The Morgan fingerprint density at radius 1 is 1.12 bits per heavy atom. The highest BCUT2D eigenvalue weighted by Gasteiger charge is 2.07. The van der Waals surface area contributed by atoms with Crippen LogP contribution in [0.2, 0.25) is 5.02 Å². The summed E-state index contributed by atoms with van der Waals surface area (Å²) in [4.78, 5) is 16.3. The third-order valence-corrected chi connectivity index (χ3v) is 3.91. The Bertz CT molecular complexity index is 800. The van der Waals surface area contributed by atoms with Crippen LogP contribution in [0.1, 0.15) is 21.8 Å². The number of nitrogens with one attached hydrogen (secondary N) is 2. The van der Waals surface area contributed by atoms with Crippen LogP contribution in [0.3, 0.4) is 0 Å². The number of carbonyl (C=O) groups excluding carboxylic acids is 1. The van der Waals surface area contributed by atoms with Gasteiger partial charge >= 0.3 is 0 Å². The number of hydrogen-bond acceptors (Lipinski definition) is 4. The number of pyridine rings is 1. The van der Waals surface area contributed by atoms with Crippen molar-refractivity contribution in [3.63, 3.8) is 0 Å². The van der Waals surface area contributed by atoms with Crippen molar-refractivity contribution in [2.24, 2.45) is 0 Å². The molecular formula is C19H18ClN3O2. The zero-order valence-electron chi connectivity index (χ0n) is 13.5. The topological polar surface area (TPSA) is 67.2 Å². The molecule has 0 bridgehead atoms. The van der Waals surface area contributed by atoms with Crippen LogP contribution in [0.5, 0.6) is 0 Å². The molecule has 2 aromatic heterocycles. The Morgan fingerprint density at radius 3 is 2.64 bits per heavy atom. The molecule has 0 atom stereocenters. The van der Waals surface area contributed by atoms with E-state index >= 15 is 0 Å². The van der Waals surface area contributed by atoms with Crippen LogP contribution in [0, 0.1) is 0 Å². The maximum atomic E-state index is 12.1. The first-order chi connectivity index (χ1) is 12.2. The molecule has 3 rings (SSSR count). The van der Waals surface area contributed by atoms with E-state index in [0.29, 0.717) is 23.8 Å². The lowest BCUT2D eigenvalue weighted by Gasteiger charge is -2.07. The smallest absolute Gasteiger partial charge is 0.269 e. The highest BCUT2D eigenvalue weighted by atomic mass is 35.5. The average molecular weight is 356 g/mol. The fraction of sp³-hybridized carbons (Fsp3) is 0.158. The Hall–Kier alpha value is -2.79. The van der Waals surface area contributed by atoms with Crippen LogP contribution in [-0.2, 0) is 13.0 Å². The van der Waals surface area contributed by atoms with Crippen molar-refractivity contribution in [3.05, 3.63) is 83.0 Å². The van der Waals surface area contributed by atoms with E-state index in [1.165, 1.54) is 0 Å². The average Bonchev–Trinajstić information content (AvgIpc) is 3.15. The summed E-state index contributed by atoms with van der Waals surface area (Å²) in [5, 5.41) is 6.76. The second-order valence-corrected chi connectivity index (χ2v) is 5.93. The van der Waals surface area contributed by atoms with Gasteiger partial charge in [-0.3, -0.25) is 4.79 Å². The van der Waals surface area contributed by atoms with Gasteiger partial charge in [-0.1, -0.05) is 23.7 Å². The third kappa shape index (κ3) is 5.09. The molecule has 0 saturated carbocycles. The van der Waals surface area contributed by atoms with E-state index in [4.69, 9.17) is 16.0 Å². The predicted octanol–water partition coefficient (Wildman–Crippen LogP) is 3.91. The minimum atomic E-state index is -0.188. The van der Waals surface area contributed by atoms with Crippen LogP contribution < -0.4 is 10.6 Å². The van der Waals surface area contributed by atoms with Crippen LogP contribution in [-0.4, -0.2) is 17.4 Å². The number of anilines is 1. The van der Waals surface area contributed by atoms with Crippen molar-refractivity contribution in [3.8, 4) is 0 Å². The molecule has 0 fully saturated rings. The second-order valence-electron chi connectivity index (χ2n) is 5.50. The highest BCUT2D eigenvalue weighted by Crippen LogP contribution is 2.11. The van der Waals surface area contributed by atoms with Crippen LogP contribution in [0.15, 0.2) is 65.4 Å². The number of rotatable bonds is 7. The quantitative estimate of drug-likeness (QED) is 0.674. The molecule has 6 heteroatoms. The largest absolute Gasteiger partial charge is 0.467 e. The SMILES string of the molecule is O=C(NCCc1ccc(Cl)cc1)c1ccc(NCc2ccco2)cn1. The second kappa shape index (κ2) is 8.35. The van der Waals surface area contributed by atoms with Crippen molar-refractivity contribution >= 4 is 23.2 Å². The molecule has 1 aromatic carbocycles. The fourth-order valence-electron chi connectivity index (χ4n) is 2.30. The zero-order valence-corrected chi connectivity index (χ0v) is 14.3. The number of nitrogens with zero attached hydrogens (tertiary/aromatic N) is 1. The van der Waals surface area contributed by atoms with Crippen LogP contribution in [0.25, 0.3) is 0 Å². The minimum absolute atomic E-state index is 0.188. The van der Waals surface area contributed by atoms with Gasteiger partial charge in [-0.25, -0.2) is 4.98 Å². The predicted molar refractivity (Wildman–Crippen MR) is 97.8 cm³/mol. The van der Waals surface area contributed by atoms with Crippen LogP contribution in [0.4, 0.5) is 5.69 Å². The Labute approximate surface area is 151 Å². The molecule has 0 unspecified atom stereocenters. The number of halogens is 1. The molecule has 2 heterocycles. The molecule has 0 aliphatic carbocycles. The van der Waals surface area contributed by atoms with Gasteiger partial charge in [-0.15, -0.1) is 0 Å². The van der Waals surface area contributed by atoms with E-state index < -0.39 is 0 Å². The maximum absolute atomic E-state index is 12.1. The van der Waals surface area contributed by atoms with Gasteiger partial charge in [0, 0.05) is 11.6 Å². The van der Waals surface area contributed by atoms with Crippen molar-refractivity contribution in [2.45, 2.75) is 13.0 Å². The standard InChI is InChI=1S/C19H18ClN3O2/c20-15-5-3-14(4-6-15)9-10-21-19(24)18-8-7-16(12-23-18)22-13-17-2-1-11-25-17/h1-8,11-12,22H,9-10,13H2,(H,21,24). The summed E-state index contributed by atoms with van der Waals surface area (Å²) >= 11 is 5.85. The van der Waals surface area contributed by atoms with E-state index in [-0.39, 0.29) is 5.91 Å². The molecule has 128 valence electrons. The Morgan fingerprint density at radius 2 is 1.96 bits per heavy atom. The lowest BCUT2D eigenvalue weighted by Crippen LogP contribution is -2.26. The van der Waals surface area contributed by atoms with Gasteiger partial charge in [0.15, 0.2) is 0 Å². The lowest BCUT2D eigenvalue weighted by atomic mass is 10.1. The Kier molecular flexibility index (Phi) is 5.69. The van der Waals surface area contributed by atoms with Gasteiger partial charge in [-0.05, 0) is 48.4 Å². The first-order valence-corrected chi connectivity index (χ1v) is 8.33. The van der Waals surface area contributed by atoms with Crippen molar-refractivity contribution < 1.29 is 9.21 Å². The Balaban J connectivity index is 1.46.